The Hall–Kier alpha value is -4.04. The summed E-state index contributed by atoms with van der Waals surface area (Å²) in [6.07, 6.45) is 0. The second-order valence-corrected chi connectivity index (χ2v) is 7.97. The van der Waals surface area contributed by atoms with E-state index in [-0.39, 0.29) is 0 Å². The normalized spacial score (nSPS) is 11.0. The molecule has 1 N–H and O–H groups in total. The number of para-hydroxylation sites is 2. The van der Waals surface area contributed by atoms with Gasteiger partial charge in [-0.15, -0.1) is 11.3 Å². The molecule has 0 bridgehead atoms. The van der Waals surface area contributed by atoms with Crippen molar-refractivity contribution in [3.05, 3.63) is 77.3 Å². The highest BCUT2D eigenvalue weighted by Crippen LogP contribution is 2.33. The highest BCUT2D eigenvalue weighted by atomic mass is 32.1. The predicted octanol–water partition coefficient (Wildman–Crippen LogP) is 5.21. The van der Waals surface area contributed by atoms with Crippen LogP contribution < -0.4 is 5.32 Å². The minimum absolute atomic E-state index is 0.332. The molecular formula is C24H17N3O4S. The molecule has 0 aliphatic rings. The number of esters is 1. The lowest BCUT2D eigenvalue weighted by atomic mass is 9.99. The van der Waals surface area contributed by atoms with Crippen molar-refractivity contribution >= 4 is 50.2 Å². The molecule has 0 saturated carbocycles. The molecule has 3 aromatic carbocycles. The van der Waals surface area contributed by atoms with Crippen LogP contribution in [-0.4, -0.2) is 28.5 Å². The van der Waals surface area contributed by atoms with Gasteiger partial charge in [-0.05, 0) is 36.6 Å². The maximum Gasteiger partial charge on any atom is 0.339 e. The van der Waals surface area contributed by atoms with E-state index in [2.05, 4.69) is 15.3 Å². The van der Waals surface area contributed by atoms with Crippen LogP contribution >= 0.6 is 11.3 Å². The first kappa shape index (κ1) is 19.9. The Labute approximate surface area is 186 Å². The van der Waals surface area contributed by atoms with Crippen molar-refractivity contribution in [1.82, 2.24) is 9.97 Å². The number of carbonyl (C=O) groups is 2. The summed E-state index contributed by atoms with van der Waals surface area (Å²) in [4.78, 5) is 33.8. The van der Waals surface area contributed by atoms with Crippen LogP contribution in [0.4, 0.5) is 5.13 Å². The summed E-state index contributed by atoms with van der Waals surface area (Å²) < 4.78 is 11.2. The molecule has 7 nitrogen and oxygen atoms in total. The number of nitrogens with one attached hydrogen (secondary N) is 1. The van der Waals surface area contributed by atoms with Crippen molar-refractivity contribution in [2.75, 3.05) is 11.9 Å². The summed E-state index contributed by atoms with van der Waals surface area (Å²) >= 11 is 1.31. The minimum Gasteiger partial charge on any atom is -0.452 e. The van der Waals surface area contributed by atoms with E-state index in [1.165, 1.54) is 11.3 Å². The fourth-order valence-corrected chi connectivity index (χ4v) is 4.16. The number of aromatic nitrogens is 2. The molecule has 0 unspecified atom stereocenters. The van der Waals surface area contributed by atoms with Gasteiger partial charge in [0.15, 0.2) is 17.3 Å². The number of thiazole rings is 1. The van der Waals surface area contributed by atoms with E-state index in [4.69, 9.17) is 9.15 Å². The van der Waals surface area contributed by atoms with E-state index in [0.29, 0.717) is 33.1 Å². The Bertz CT molecular complexity index is 1430. The Morgan fingerprint density at radius 1 is 1.03 bits per heavy atom. The van der Waals surface area contributed by atoms with Crippen LogP contribution in [0, 0.1) is 6.92 Å². The zero-order valence-corrected chi connectivity index (χ0v) is 17.8. The largest absolute Gasteiger partial charge is 0.452 e. The number of benzene rings is 3. The molecule has 0 radical (unpaired) electrons. The third kappa shape index (κ3) is 3.83. The molecule has 32 heavy (non-hydrogen) atoms. The average molecular weight is 443 g/mol. The Morgan fingerprint density at radius 2 is 1.84 bits per heavy atom. The number of hydrogen-bond donors (Lipinski definition) is 1. The van der Waals surface area contributed by atoms with Gasteiger partial charge in [0.05, 0.1) is 11.3 Å². The monoisotopic (exact) mass is 443 g/mol. The smallest absolute Gasteiger partial charge is 0.339 e. The van der Waals surface area contributed by atoms with Crippen LogP contribution in [-0.2, 0) is 9.53 Å². The Morgan fingerprint density at radius 3 is 2.62 bits per heavy atom. The highest BCUT2D eigenvalue weighted by Gasteiger charge is 2.19. The van der Waals surface area contributed by atoms with Gasteiger partial charge < -0.3 is 9.15 Å². The van der Waals surface area contributed by atoms with Crippen LogP contribution in [0.2, 0.25) is 0 Å². The number of rotatable bonds is 5. The molecule has 2 aromatic heterocycles. The van der Waals surface area contributed by atoms with Crippen LogP contribution in [0.5, 0.6) is 0 Å². The summed E-state index contributed by atoms with van der Waals surface area (Å²) in [7, 11) is 0. The van der Waals surface area contributed by atoms with Crippen molar-refractivity contribution < 1.29 is 18.7 Å². The van der Waals surface area contributed by atoms with E-state index in [1.54, 1.807) is 12.1 Å². The summed E-state index contributed by atoms with van der Waals surface area (Å²) in [6, 6.07) is 18.4. The van der Waals surface area contributed by atoms with Gasteiger partial charge in [0.2, 0.25) is 5.89 Å². The highest BCUT2D eigenvalue weighted by molar-refractivity contribution is 7.13. The molecule has 1 amide bonds. The van der Waals surface area contributed by atoms with Gasteiger partial charge in [-0.1, -0.05) is 36.4 Å². The SMILES string of the molecule is Cc1csc(NC(=O)COC(=O)c2cccc3cccc(-c4nc5ccccc5o4)c23)n1. The number of nitrogens with zero attached hydrogens (tertiary/aromatic N) is 2. The molecule has 8 heteroatoms. The van der Waals surface area contributed by atoms with Gasteiger partial charge in [0, 0.05) is 16.3 Å². The van der Waals surface area contributed by atoms with Gasteiger partial charge in [-0.3, -0.25) is 10.1 Å². The van der Waals surface area contributed by atoms with E-state index in [1.807, 2.05) is 60.8 Å². The number of aryl methyl sites for hydroxylation is 1. The molecule has 158 valence electrons. The van der Waals surface area contributed by atoms with E-state index in [9.17, 15) is 9.59 Å². The zero-order valence-electron chi connectivity index (χ0n) is 17.0. The summed E-state index contributed by atoms with van der Waals surface area (Å²) in [5.41, 5.74) is 3.21. The first-order valence-corrected chi connectivity index (χ1v) is 10.7. The molecule has 2 heterocycles. The predicted molar refractivity (Wildman–Crippen MR) is 123 cm³/mol. The number of ether oxygens (including phenoxy) is 1. The van der Waals surface area contributed by atoms with Gasteiger partial charge in [0.25, 0.3) is 5.91 Å². The minimum atomic E-state index is -0.607. The topological polar surface area (TPSA) is 94.3 Å². The second kappa shape index (κ2) is 8.24. The summed E-state index contributed by atoms with van der Waals surface area (Å²) in [5.74, 6) is -0.648. The molecule has 5 rings (SSSR count). The van der Waals surface area contributed by atoms with Crippen molar-refractivity contribution in [2.45, 2.75) is 6.92 Å². The average Bonchev–Trinajstić information content (AvgIpc) is 3.42. The third-order valence-electron chi connectivity index (χ3n) is 4.85. The number of oxazole rings is 1. The first-order chi connectivity index (χ1) is 15.6. The first-order valence-electron chi connectivity index (χ1n) is 9.85. The van der Waals surface area contributed by atoms with Crippen molar-refractivity contribution in [2.24, 2.45) is 0 Å². The lowest BCUT2D eigenvalue weighted by molar-refractivity contribution is -0.119. The summed E-state index contributed by atoms with van der Waals surface area (Å²) in [6.45, 7) is 1.42. The van der Waals surface area contributed by atoms with Crippen molar-refractivity contribution in [1.29, 1.82) is 0 Å². The van der Waals surface area contributed by atoms with Gasteiger partial charge in [-0.2, -0.15) is 0 Å². The molecule has 0 saturated heterocycles. The molecule has 0 spiro atoms. The molecule has 5 aromatic rings. The lowest BCUT2D eigenvalue weighted by Gasteiger charge is -2.10. The maximum atomic E-state index is 12.9. The lowest BCUT2D eigenvalue weighted by Crippen LogP contribution is -2.21. The van der Waals surface area contributed by atoms with Crippen LogP contribution in [0.1, 0.15) is 16.1 Å². The zero-order chi connectivity index (χ0) is 22.1. The molecule has 0 aliphatic heterocycles. The fraction of sp³-hybridized carbons (Fsp3) is 0.0833. The number of carbonyl (C=O) groups excluding carboxylic acids is 2. The second-order valence-electron chi connectivity index (χ2n) is 7.11. The van der Waals surface area contributed by atoms with E-state index in [0.717, 1.165) is 16.6 Å². The van der Waals surface area contributed by atoms with Crippen LogP contribution in [0.25, 0.3) is 33.3 Å². The van der Waals surface area contributed by atoms with Gasteiger partial charge >= 0.3 is 5.97 Å². The molecular weight excluding hydrogens is 426 g/mol. The third-order valence-corrected chi connectivity index (χ3v) is 5.72. The van der Waals surface area contributed by atoms with Gasteiger partial charge in [0.1, 0.15) is 5.52 Å². The van der Waals surface area contributed by atoms with Crippen LogP contribution in [0.3, 0.4) is 0 Å². The standard InChI is InChI=1S/C24H17N3O4S/c1-14-13-32-24(25-14)27-20(28)12-30-23(29)17-9-5-7-15-6-4-8-16(21(15)17)22-26-18-10-2-3-11-19(18)31-22/h2-11,13H,12H2,1H3,(H,25,27,28). The Kier molecular flexibility index (Phi) is 5.12. The number of amides is 1. The Balaban J connectivity index is 1.44. The van der Waals surface area contributed by atoms with Gasteiger partial charge in [-0.25, -0.2) is 14.8 Å². The van der Waals surface area contributed by atoms with Crippen LogP contribution in [0.15, 0.2) is 70.5 Å². The maximum absolute atomic E-state index is 12.9. The molecule has 0 fully saturated rings. The number of fused-ring (bicyclic) bond motifs is 2. The van der Waals surface area contributed by atoms with E-state index < -0.39 is 18.5 Å². The number of anilines is 1. The van der Waals surface area contributed by atoms with Crippen molar-refractivity contribution in [3.8, 4) is 11.5 Å². The van der Waals surface area contributed by atoms with E-state index >= 15 is 0 Å². The summed E-state index contributed by atoms with van der Waals surface area (Å²) in [5, 5.41) is 6.40. The molecule has 0 aliphatic carbocycles. The molecule has 0 atom stereocenters. The quantitative estimate of drug-likeness (QED) is 0.375. The van der Waals surface area contributed by atoms with Crippen molar-refractivity contribution in [3.63, 3.8) is 0 Å². The number of hydrogen-bond acceptors (Lipinski definition) is 7. The fourth-order valence-electron chi connectivity index (χ4n) is 3.45.